The van der Waals surface area contributed by atoms with Gasteiger partial charge in [-0.3, -0.25) is 0 Å². The zero-order valence-electron chi connectivity index (χ0n) is 11.9. The summed E-state index contributed by atoms with van der Waals surface area (Å²) in [6, 6.07) is 0.330. The topological polar surface area (TPSA) is 92.2 Å². The second kappa shape index (κ2) is 7.25. The Balaban J connectivity index is 2.77. The van der Waals surface area contributed by atoms with E-state index in [1.54, 1.807) is 0 Å². The molecule has 0 saturated heterocycles. The molecule has 1 aliphatic rings. The van der Waals surface area contributed by atoms with E-state index in [9.17, 15) is 0 Å². The van der Waals surface area contributed by atoms with Crippen molar-refractivity contribution in [3.63, 3.8) is 0 Å². The van der Waals surface area contributed by atoms with Crippen molar-refractivity contribution in [1.29, 1.82) is 0 Å². The molecule has 0 aromatic rings. The third-order valence-corrected chi connectivity index (χ3v) is 3.09. The van der Waals surface area contributed by atoms with Crippen LogP contribution in [0.3, 0.4) is 0 Å². The van der Waals surface area contributed by atoms with Crippen LogP contribution in [0.15, 0.2) is 22.1 Å². The molecule has 6 heteroatoms. The molecule has 0 bridgehead atoms. The molecule has 0 amide bonds. The van der Waals surface area contributed by atoms with Crippen LogP contribution in [0, 0.1) is 5.92 Å². The predicted molar refractivity (Wildman–Crippen MR) is 77.3 cm³/mol. The molecule has 0 aromatic heterocycles. The third kappa shape index (κ3) is 4.33. The fraction of sp³-hybridized carbons (Fsp3) is 0.692. The van der Waals surface area contributed by atoms with Gasteiger partial charge in [0.25, 0.3) is 0 Å². The quantitative estimate of drug-likeness (QED) is 0.645. The van der Waals surface area contributed by atoms with Gasteiger partial charge in [-0.2, -0.15) is 4.99 Å². The highest BCUT2D eigenvalue weighted by atomic mass is 16.5. The van der Waals surface area contributed by atoms with Crippen molar-refractivity contribution in [2.24, 2.45) is 21.6 Å². The van der Waals surface area contributed by atoms with Crippen molar-refractivity contribution >= 4 is 11.9 Å². The molecule has 0 aromatic carbocycles. The first-order valence-electron chi connectivity index (χ1n) is 6.51. The van der Waals surface area contributed by atoms with Crippen LogP contribution in [0.25, 0.3) is 0 Å². The molecule has 19 heavy (non-hydrogen) atoms. The van der Waals surface area contributed by atoms with Crippen LogP contribution >= 0.6 is 0 Å². The molecule has 0 aliphatic carbocycles. The minimum absolute atomic E-state index is 0.0363. The summed E-state index contributed by atoms with van der Waals surface area (Å²) >= 11 is 0. The standard InChI is InChI=1S/C13H24N4O2/c1-8(2)11(10(15-4)5-6-18)19-13-16-7-9(3)12(14)17-13/h8,10-11,15,18H,3,5-7H2,1-2,4H3,(H2,14,16,17)/t10-,11-/m0/s1. The van der Waals surface area contributed by atoms with E-state index in [1.165, 1.54) is 0 Å². The number of amidine groups is 2. The first kappa shape index (κ1) is 15.7. The summed E-state index contributed by atoms with van der Waals surface area (Å²) in [5, 5.41) is 12.3. The van der Waals surface area contributed by atoms with E-state index < -0.39 is 0 Å². The largest absolute Gasteiger partial charge is 0.458 e. The molecule has 0 fully saturated rings. The SMILES string of the molecule is C=C1CN=C(O[C@@H](C(C)C)[C@H](CCO)NC)N=C1N. The highest BCUT2D eigenvalue weighted by Crippen LogP contribution is 2.16. The molecule has 1 aliphatic heterocycles. The van der Waals surface area contributed by atoms with E-state index in [2.05, 4.69) is 35.7 Å². The van der Waals surface area contributed by atoms with Crippen molar-refractivity contribution in [2.75, 3.05) is 20.2 Å². The summed E-state index contributed by atoms with van der Waals surface area (Å²) in [7, 11) is 1.85. The second-order valence-electron chi connectivity index (χ2n) is 4.93. The van der Waals surface area contributed by atoms with Gasteiger partial charge in [-0.15, -0.1) is 0 Å². The number of ether oxygens (including phenoxy) is 1. The summed E-state index contributed by atoms with van der Waals surface area (Å²) in [5.74, 6) is 0.629. The molecule has 1 rings (SSSR count). The van der Waals surface area contributed by atoms with E-state index in [0.717, 1.165) is 0 Å². The number of rotatable bonds is 6. The molecule has 2 atom stereocenters. The Morgan fingerprint density at radius 3 is 2.68 bits per heavy atom. The maximum atomic E-state index is 9.10. The number of nitrogens with one attached hydrogen (secondary N) is 1. The number of nitrogens with two attached hydrogens (primary N) is 1. The Morgan fingerprint density at radius 2 is 2.21 bits per heavy atom. The Morgan fingerprint density at radius 1 is 1.53 bits per heavy atom. The summed E-state index contributed by atoms with van der Waals surface area (Å²) in [6.07, 6.45) is 0.484. The first-order chi connectivity index (χ1) is 8.99. The maximum absolute atomic E-state index is 9.10. The van der Waals surface area contributed by atoms with Crippen LogP contribution in [0.1, 0.15) is 20.3 Å². The fourth-order valence-electron chi connectivity index (χ4n) is 1.94. The number of aliphatic hydroxyl groups is 1. The molecule has 1 heterocycles. The monoisotopic (exact) mass is 268 g/mol. The average Bonchev–Trinajstić information content (AvgIpc) is 2.37. The lowest BCUT2D eigenvalue weighted by Gasteiger charge is -2.30. The van der Waals surface area contributed by atoms with Crippen LogP contribution in [-0.2, 0) is 4.74 Å². The van der Waals surface area contributed by atoms with Gasteiger partial charge in [0.05, 0.1) is 6.54 Å². The molecule has 0 unspecified atom stereocenters. The van der Waals surface area contributed by atoms with Gasteiger partial charge in [-0.05, 0) is 19.4 Å². The molecular weight excluding hydrogens is 244 g/mol. The summed E-state index contributed by atoms with van der Waals surface area (Å²) in [6.45, 7) is 8.40. The van der Waals surface area contributed by atoms with Crippen LogP contribution < -0.4 is 11.1 Å². The Kier molecular flexibility index (Phi) is 5.98. The Bertz CT molecular complexity index is 377. The Labute approximate surface area is 114 Å². The van der Waals surface area contributed by atoms with Crippen LogP contribution in [0.5, 0.6) is 0 Å². The van der Waals surface area contributed by atoms with Gasteiger partial charge >= 0.3 is 6.02 Å². The van der Waals surface area contributed by atoms with E-state index >= 15 is 0 Å². The van der Waals surface area contributed by atoms with Crippen molar-refractivity contribution in [2.45, 2.75) is 32.4 Å². The first-order valence-corrected chi connectivity index (χ1v) is 6.51. The molecular formula is C13H24N4O2. The number of hydrogen-bond donors (Lipinski definition) is 3. The number of aliphatic imine (C=N–C) groups is 2. The van der Waals surface area contributed by atoms with Crippen LogP contribution in [-0.4, -0.2) is 49.3 Å². The van der Waals surface area contributed by atoms with Gasteiger partial charge in [-0.25, -0.2) is 4.99 Å². The van der Waals surface area contributed by atoms with Crippen molar-refractivity contribution in [3.05, 3.63) is 12.2 Å². The van der Waals surface area contributed by atoms with Gasteiger partial charge in [0.1, 0.15) is 11.9 Å². The lowest BCUT2D eigenvalue weighted by molar-refractivity contribution is 0.0839. The number of nitrogens with zero attached hydrogens (tertiary/aromatic N) is 2. The van der Waals surface area contributed by atoms with Gasteiger partial charge in [0, 0.05) is 18.2 Å². The normalized spacial score (nSPS) is 18.9. The van der Waals surface area contributed by atoms with E-state index in [0.29, 0.717) is 30.4 Å². The lowest BCUT2D eigenvalue weighted by atomic mass is 9.97. The summed E-state index contributed by atoms with van der Waals surface area (Å²) < 4.78 is 5.84. The van der Waals surface area contributed by atoms with Crippen LogP contribution in [0.4, 0.5) is 0 Å². The van der Waals surface area contributed by atoms with Crippen molar-refractivity contribution < 1.29 is 9.84 Å². The second-order valence-corrected chi connectivity index (χ2v) is 4.93. The van der Waals surface area contributed by atoms with E-state index in [1.807, 2.05) is 7.05 Å². The number of likely N-dealkylation sites (N-methyl/N-ethyl adjacent to an activating group) is 1. The van der Waals surface area contributed by atoms with E-state index in [4.69, 9.17) is 15.6 Å². The smallest absolute Gasteiger partial charge is 0.314 e. The highest BCUT2D eigenvalue weighted by molar-refractivity contribution is 6.05. The van der Waals surface area contributed by atoms with Gasteiger partial charge in [0.2, 0.25) is 0 Å². The zero-order valence-corrected chi connectivity index (χ0v) is 11.9. The lowest BCUT2D eigenvalue weighted by Crippen LogP contribution is -2.44. The molecule has 0 saturated carbocycles. The summed E-state index contributed by atoms with van der Waals surface area (Å²) in [4.78, 5) is 8.29. The van der Waals surface area contributed by atoms with Crippen molar-refractivity contribution in [1.82, 2.24) is 5.32 Å². The van der Waals surface area contributed by atoms with Crippen molar-refractivity contribution in [3.8, 4) is 0 Å². The third-order valence-electron chi connectivity index (χ3n) is 3.09. The minimum Gasteiger partial charge on any atom is -0.458 e. The number of hydrogen-bond acceptors (Lipinski definition) is 6. The zero-order chi connectivity index (χ0) is 14.4. The molecule has 6 nitrogen and oxygen atoms in total. The maximum Gasteiger partial charge on any atom is 0.314 e. The fourth-order valence-corrected chi connectivity index (χ4v) is 1.94. The molecule has 4 N–H and O–H groups in total. The average molecular weight is 268 g/mol. The number of aliphatic hydroxyl groups excluding tert-OH is 1. The Hall–Kier alpha value is -1.40. The minimum atomic E-state index is -0.126. The molecule has 0 spiro atoms. The molecule has 0 radical (unpaired) electrons. The summed E-state index contributed by atoms with van der Waals surface area (Å²) in [5.41, 5.74) is 6.42. The van der Waals surface area contributed by atoms with Gasteiger partial charge in [0.15, 0.2) is 0 Å². The van der Waals surface area contributed by atoms with Gasteiger partial charge in [-0.1, -0.05) is 20.4 Å². The molecule has 108 valence electrons. The predicted octanol–water partition coefficient (Wildman–Crippen LogP) is 0.281. The van der Waals surface area contributed by atoms with Gasteiger partial charge < -0.3 is 20.9 Å². The highest BCUT2D eigenvalue weighted by Gasteiger charge is 2.27. The van der Waals surface area contributed by atoms with E-state index in [-0.39, 0.29) is 24.7 Å². The van der Waals surface area contributed by atoms with Crippen LogP contribution in [0.2, 0.25) is 0 Å².